The fraction of sp³-hybridized carbons (Fsp3) is 0.286. The van der Waals surface area contributed by atoms with Gasteiger partial charge in [0.2, 0.25) is 5.89 Å². The smallest absolute Gasteiger partial charge is 0.227 e. The Morgan fingerprint density at radius 1 is 0.791 bits per heavy atom. The molecule has 4 aromatic carbocycles. The first-order valence-corrected chi connectivity index (χ1v) is 14.9. The number of hydrogen-bond acceptors (Lipinski definition) is 7. The maximum absolute atomic E-state index is 9.05. The Labute approximate surface area is 257 Å². The Morgan fingerprint density at radius 3 is 2.19 bits per heavy atom. The zero-order chi connectivity index (χ0) is 30.3. The van der Waals surface area contributed by atoms with Crippen molar-refractivity contribution in [2.24, 2.45) is 0 Å². The predicted octanol–water partition coefficient (Wildman–Crippen LogP) is 6.48. The number of rotatable bonds is 13. The molecule has 8 heteroatoms. The Hall–Kier alpha value is -3.72. The van der Waals surface area contributed by atoms with Crippen molar-refractivity contribution >= 4 is 22.7 Å². The molecule has 0 amide bonds. The highest BCUT2D eigenvalue weighted by molar-refractivity contribution is 6.35. The van der Waals surface area contributed by atoms with Crippen LogP contribution in [0.25, 0.3) is 33.7 Å². The highest BCUT2D eigenvalue weighted by Gasteiger charge is 2.17. The maximum atomic E-state index is 9.05. The van der Waals surface area contributed by atoms with Gasteiger partial charge >= 0.3 is 0 Å². The molecule has 0 bridgehead atoms. The second-order valence-corrected chi connectivity index (χ2v) is 11.1. The van der Waals surface area contributed by atoms with Crippen LogP contribution in [0, 0.1) is 20.8 Å². The summed E-state index contributed by atoms with van der Waals surface area (Å²) in [6.07, 6.45) is 0. The van der Waals surface area contributed by atoms with E-state index in [0.29, 0.717) is 54.8 Å². The summed E-state index contributed by atoms with van der Waals surface area (Å²) in [5.74, 6) is 1.38. The molecule has 1 aromatic heterocycles. The fourth-order valence-electron chi connectivity index (χ4n) is 5.31. The number of benzene rings is 4. The number of hydrogen-bond donors (Lipinski definition) is 4. The topological polar surface area (TPSA) is 99.8 Å². The molecule has 5 aromatic rings. The van der Waals surface area contributed by atoms with Gasteiger partial charge < -0.3 is 30.0 Å². The van der Waals surface area contributed by atoms with Crippen molar-refractivity contribution in [1.29, 1.82) is 0 Å². The quantitative estimate of drug-likeness (QED) is 0.115. The largest absolute Gasteiger partial charge is 0.489 e. The summed E-state index contributed by atoms with van der Waals surface area (Å²) in [6, 6.07) is 22.5. The van der Waals surface area contributed by atoms with Crippen LogP contribution in [0.2, 0.25) is 5.02 Å². The number of halogens is 1. The fourth-order valence-corrected chi connectivity index (χ4v) is 5.59. The molecule has 0 aliphatic rings. The molecule has 43 heavy (non-hydrogen) atoms. The third-order valence-corrected chi connectivity index (χ3v) is 7.95. The highest BCUT2D eigenvalue weighted by Crippen LogP contribution is 2.36. The molecule has 7 nitrogen and oxygen atoms in total. The van der Waals surface area contributed by atoms with Crippen molar-refractivity contribution in [2.45, 2.75) is 40.5 Å². The highest BCUT2D eigenvalue weighted by atomic mass is 35.5. The van der Waals surface area contributed by atoms with Gasteiger partial charge in [0.15, 0.2) is 5.58 Å². The number of aryl methyl sites for hydroxylation is 1. The van der Waals surface area contributed by atoms with Gasteiger partial charge in [-0.25, -0.2) is 4.98 Å². The van der Waals surface area contributed by atoms with E-state index in [2.05, 4.69) is 67.8 Å². The normalized spacial score (nSPS) is 11.4. The number of aromatic nitrogens is 1. The lowest BCUT2D eigenvalue weighted by Crippen LogP contribution is -2.17. The SMILES string of the molecule is Cc1cc(CNCCO)ccc1OCc1cccc(-c2cccc(-c3nc4c(Cl)cc(CNCCO)cc4o3)c2C)c1C. The second-order valence-electron chi connectivity index (χ2n) is 10.7. The molecule has 0 atom stereocenters. The van der Waals surface area contributed by atoms with Crippen molar-refractivity contribution in [3.63, 3.8) is 0 Å². The standard InChI is InChI=1S/C35H38ClN3O4/c1-22-16-25(19-37-12-14-40)10-11-32(22)42-21-27-6-4-7-28(23(27)2)29-8-5-9-30(24(29)3)35-39-34-31(36)17-26(18-33(34)43-35)20-38-13-15-41/h4-11,16-18,37-38,40-41H,12-15,19-21H2,1-3H3. The van der Waals surface area contributed by atoms with Crippen LogP contribution in [0.5, 0.6) is 5.75 Å². The van der Waals surface area contributed by atoms with Gasteiger partial charge in [-0.15, -0.1) is 0 Å². The van der Waals surface area contributed by atoms with Crippen LogP contribution in [-0.4, -0.2) is 41.5 Å². The number of aliphatic hydroxyl groups is 2. The van der Waals surface area contributed by atoms with Crippen molar-refractivity contribution in [2.75, 3.05) is 26.3 Å². The number of aliphatic hydroxyl groups excluding tert-OH is 2. The van der Waals surface area contributed by atoms with E-state index in [1.54, 1.807) is 0 Å². The summed E-state index contributed by atoms with van der Waals surface area (Å²) in [5, 5.41) is 25.0. The Bertz CT molecular complexity index is 1720. The minimum absolute atomic E-state index is 0.0757. The lowest BCUT2D eigenvalue weighted by atomic mass is 9.91. The first-order chi connectivity index (χ1) is 20.9. The van der Waals surface area contributed by atoms with Crippen molar-refractivity contribution in [1.82, 2.24) is 15.6 Å². The molecule has 224 valence electrons. The third kappa shape index (κ3) is 7.09. The lowest BCUT2D eigenvalue weighted by Gasteiger charge is -2.16. The van der Waals surface area contributed by atoms with Crippen LogP contribution >= 0.6 is 11.6 Å². The minimum atomic E-state index is 0.0757. The minimum Gasteiger partial charge on any atom is -0.489 e. The molecule has 5 rings (SSSR count). The van der Waals surface area contributed by atoms with Crippen LogP contribution in [0.3, 0.4) is 0 Å². The molecule has 1 heterocycles. The van der Waals surface area contributed by atoms with Gasteiger partial charge in [0.1, 0.15) is 17.9 Å². The van der Waals surface area contributed by atoms with E-state index in [-0.39, 0.29) is 13.2 Å². The van der Waals surface area contributed by atoms with E-state index in [1.165, 1.54) is 0 Å². The Balaban J connectivity index is 1.38. The van der Waals surface area contributed by atoms with Gasteiger partial charge in [-0.05, 0) is 89.5 Å². The van der Waals surface area contributed by atoms with Crippen LogP contribution in [-0.2, 0) is 19.7 Å². The molecule has 0 spiro atoms. The average molecular weight is 600 g/mol. The van der Waals surface area contributed by atoms with Gasteiger partial charge in [0.05, 0.1) is 18.2 Å². The molecule has 4 N–H and O–H groups in total. The maximum Gasteiger partial charge on any atom is 0.227 e. The first kappa shape index (κ1) is 30.7. The summed E-state index contributed by atoms with van der Waals surface area (Å²) >= 11 is 6.58. The van der Waals surface area contributed by atoms with Crippen LogP contribution in [0.1, 0.15) is 33.4 Å². The number of ether oxygens (including phenoxy) is 1. The average Bonchev–Trinajstić information content (AvgIpc) is 3.43. The molecule has 0 saturated carbocycles. The molecule has 0 fully saturated rings. The molecule has 0 aliphatic heterocycles. The lowest BCUT2D eigenvalue weighted by molar-refractivity contribution is 0.291. The second kappa shape index (κ2) is 14.2. The summed E-state index contributed by atoms with van der Waals surface area (Å²) in [4.78, 5) is 4.76. The monoisotopic (exact) mass is 599 g/mol. The van der Waals surface area contributed by atoms with Gasteiger partial charge in [0.25, 0.3) is 0 Å². The third-order valence-electron chi connectivity index (χ3n) is 7.67. The van der Waals surface area contributed by atoms with Gasteiger partial charge in [-0.2, -0.15) is 0 Å². The van der Waals surface area contributed by atoms with Gasteiger partial charge in [0, 0.05) is 31.7 Å². The van der Waals surface area contributed by atoms with E-state index in [4.69, 9.17) is 36.0 Å². The summed E-state index contributed by atoms with van der Waals surface area (Å²) in [5.41, 5.74) is 11.0. The summed E-state index contributed by atoms with van der Waals surface area (Å²) in [6.45, 7) is 9.31. The number of nitrogens with one attached hydrogen (secondary N) is 2. The number of fused-ring (bicyclic) bond motifs is 1. The zero-order valence-electron chi connectivity index (χ0n) is 24.8. The summed E-state index contributed by atoms with van der Waals surface area (Å²) in [7, 11) is 0. The number of nitrogens with zero attached hydrogens (tertiary/aromatic N) is 1. The predicted molar refractivity (Wildman–Crippen MR) is 172 cm³/mol. The van der Waals surface area contributed by atoms with Gasteiger partial charge in [-0.3, -0.25) is 0 Å². The molecule has 0 unspecified atom stereocenters. The van der Waals surface area contributed by atoms with Crippen molar-refractivity contribution in [3.8, 4) is 28.3 Å². The summed E-state index contributed by atoms with van der Waals surface area (Å²) < 4.78 is 12.5. The molecular weight excluding hydrogens is 562 g/mol. The van der Waals surface area contributed by atoms with E-state index in [0.717, 1.165) is 55.8 Å². The van der Waals surface area contributed by atoms with Gasteiger partial charge in [-0.1, -0.05) is 54.1 Å². The molecule has 0 aliphatic carbocycles. The van der Waals surface area contributed by atoms with Crippen LogP contribution in [0.15, 0.2) is 71.1 Å². The van der Waals surface area contributed by atoms with E-state index >= 15 is 0 Å². The van der Waals surface area contributed by atoms with E-state index < -0.39 is 0 Å². The Kier molecular flexibility index (Phi) is 10.1. The van der Waals surface area contributed by atoms with E-state index in [1.807, 2.05) is 30.3 Å². The zero-order valence-corrected chi connectivity index (χ0v) is 25.6. The molecule has 0 saturated heterocycles. The first-order valence-electron chi connectivity index (χ1n) is 14.5. The molecule has 0 radical (unpaired) electrons. The van der Waals surface area contributed by atoms with E-state index in [9.17, 15) is 0 Å². The van der Waals surface area contributed by atoms with Crippen LogP contribution < -0.4 is 15.4 Å². The van der Waals surface area contributed by atoms with Crippen molar-refractivity contribution in [3.05, 3.63) is 105 Å². The number of oxazole rings is 1. The molecular formula is C35H38ClN3O4. The van der Waals surface area contributed by atoms with Crippen LogP contribution in [0.4, 0.5) is 0 Å². The Morgan fingerprint density at radius 2 is 1.47 bits per heavy atom. The van der Waals surface area contributed by atoms with Crippen molar-refractivity contribution < 1.29 is 19.4 Å².